The molecule has 2 aromatic rings. The third kappa shape index (κ3) is 4.03. The number of amides is 2. The van der Waals surface area contributed by atoms with E-state index in [-0.39, 0.29) is 30.1 Å². The first kappa shape index (κ1) is 17.9. The van der Waals surface area contributed by atoms with Crippen molar-refractivity contribution in [2.45, 2.75) is 6.61 Å². The smallest absolute Gasteiger partial charge is 0.293 e. The Balaban J connectivity index is 1.66. The highest BCUT2D eigenvalue weighted by Gasteiger charge is 2.33. The second-order valence-corrected chi connectivity index (χ2v) is 6.52. The molecule has 1 heterocycles. The fraction of sp³-hybridized carbons (Fsp3) is 0.100. The number of thioether (sulfide) groups is 1. The van der Waals surface area contributed by atoms with Crippen LogP contribution in [0.1, 0.15) is 11.1 Å². The number of hydrogen-bond acceptors (Lipinski definition) is 4. The van der Waals surface area contributed by atoms with Gasteiger partial charge < -0.3 is 4.74 Å². The Hall–Kier alpha value is -2.86. The lowest BCUT2D eigenvalue weighted by atomic mass is 10.2. The van der Waals surface area contributed by atoms with E-state index in [1.165, 1.54) is 12.1 Å². The maximum atomic E-state index is 13.6. The summed E-state index contributed by atoms with van der Waals surface area (Å²) in [4.78, 5) is 25.5. The van der Waals surface area contributed by atoms with Gasteiger partial charge in [-0.15, -0.1) is 6.58 Å². The van der Waals surface area contributed by atoms with Crippen LogP contribution < -0.4 is 4.74 Å². The van der Waals surface area contributed by atoms with E-state index < -0.39 is 0 Å². The molecule has 1 fully saturated rings. The molecule has 1 aliphatic heterocycles. The van der Waals surface area contributed by atoms with Crippen LogP contribution in [0.15, 0.2) is 66.1 Å². The SMILES string of the molecule is C=CCN1C(=O)S/C(=C/c2ccc(OCc3ccccc3F)cc2)C1=O. The summed E-state index contributed by atoms with van der Waals surface area (Å²) in [6.07, 6.45) is 3.18. The zero-order chi connectivity index (χ0) is 18.5. The van der Waals surface area contributed by atoms with Gasteiger partial charge in [0.2, 0.25) is 0 Å². The van der Waals surface area contributed by atoms with Crippen molar-refractivity contribution in [3.63, 3.8) is 0 Å². The lowest BCUT2D eigenvalue weighted by molar-refractivity contribution is -0.122. The third-order valence-electron chi connectivity index (χ3n) is 3.72. The molecule has 1 saturated heterocycles. The molecular weight excluding hydrogens is 353 g/mol. The molecule has 26 heavy (non-hydrogen) atoms. The molecule has 4 nitrogen and oxygen atoms in total. The van der Waals surface area contributed by atoms with Gasteiger partial charge in [-0.3, -0.25) is 14.5 Å². The minimum absolute atomic E-state index is 0.131. The quantitative estimate of drug-likeness (QED) is 0.550. The summed E-state index contributed by atoms with van der Waals surface area (Å²) in [6, 6.07) is 13.5. The van der Waals surface area contributed by atoms with Gasteiger partial charge in [0, 0.05) is 12.1 Å². The van der Waals surface area contributed by atoms with Gasteiger partial charge in [0.25, 0.3) is 11.1 Å². The molecule has 0 N–H and O–H groups in total. The van der Waals surface area contributed by atoms with E-state index in [1.807, 2.05) is 0 Å². The van der Waals surface area contributed by atoms with Crippen LogP contribution in [0.4, 0.5) is 9.18 Å². The number of carbonyl (C=O) groups is 2. The fourth-order valence-corrected chi connectivity index (χ4v) is 3.22. The Kier molecular flexibility index (Phi) is 5.53. The lowest BCUT2D eigenvalue weighted by Crippen LogP contribution is -2.27. The molecule has 2 amide bonds. The topological polar surface area (TPSA) is 46.6 Å². The number of nitrogens with zero attached hydrogens (tertiary/aromatic N) is 1. The normalized spacial score (nSPS) is 15.6. The standard InChI is InChI=1S/C20H16FNO3S/c1-2-11-22-19(23)18(26-20(22)24)12-14-7-9-16(10-8-14)25-13-15-5-3-4-6-17(15)21/h2-10,12H,1,11,13H2/b18-12+. The average molecular weight is 369 g/mol. The largest absolute Gasteiger partial charge is 0.489 e. The van der Waals surface area contributed by atoms with Gasteiger partial charge in [0.05, 0.1) is 4.91 Å². The molecule has 0 aromatic heterocycles. The molecule has 0 aliphatic carbocycles. The summed E-state index contributed by atoms with van der Waals surface area (Å²) >= 11 is 0.908. The van der Waals surface area contributed by atoms with Gasteiger partial charge in [0.15, 0.2) is 0 Å². The van der Waals surface area contributed by atoms with Gasteiger partial charge in [-0.1, -0.05) is 36.4 Å². The molecule has 1 aliphatic rings. The Morgan fingerprint density at radius 2 is 1.85 bits per heavy atom. The predicted molar refractivity (Wildman–Crippen MR) is 100 cm³/mol. The molecule has 3 rings (SSSR count). The van der Waals surface area contributed by atoms with Crippen LogP contribution in [0.25, 0.3) is 6.08 Å². The molecule has 0 atom stereocenters. The van der Waals surface area contributed by atoms with Crippen LogP contribution in [-0.2, 0) is 11.4 Å². The zero-order valence-corrected chi connectivity index (χ0v) is 14.7. The fourth-order valence-electron chi connectivity index (χ4n) is 2.37. The summed E-state index contributed by atoms with van der Waals surface area (Å²) in [5.41, 5.74) is 1.25. The van der Waals surface area contributed by atoms with Gasteiger partial charge in [-0.25, -0.2) is 4.39 Å². The van der Waals surface area contributed by atoms with Gasteiger partial charge in [-0.2, -0.15) is 0 Å². The Morgan fingerprint density at radius 1 is 1.12 bits per heavy atom. The predicted octanol–water partition coefficient (Wildman–Crippen LogP) is 4.63. The summed E-state index contributed by atoms with van der Waals surface area (Å²) in [7, 11) is 0. The molecule has 0 unspecified atom stereocenters. The molecule has 132 valence electrons. The third-order valence-corrected chi connectivity index (χ3v) is 4.62. The highest BCUT2D eigenvalue weighted by atomic mass is 32.2. The summed E-state index contributed by atoms with van der Waals surface area (Å²) in [5, 5.41) is -0.300. The first-order valence-electron chi connectivity index (χ1n) is 7.91. The summed E-state index contributed by atoms with van der Waals surface area (Å²) in [6.45, 7) is 3.87. The molecule has 0 spiro atoms. The van der Waals surface area contributed by atoms with E-state index in [2.05, 4.69) is 6.58 Å². The van der Waals surface area contributed by atoms with E-state index in [9.17, 15) is 14.0 Å². The summed E-state index contributed by atoms with van der Waals surface area (Å²) in [5.74, 6) is -0.0377. The first-order chi connectivity index (χ1) is 12.6. The van der Waals surface area contributed by atoms with Crippen molar-refractivity contribution in [1.29, 1.82) is 0 Å². The second-order valence-electron chi connectivity index (χ2n) is 5.53. The number of carbonyl (C=O) groups excluding carboxylic acids is 2. The van der Waals surface area contributed by atoms with E-state index in [0.29, 0.717) is 16.2 Å². The van der Waals surface area contributed by atoms with Crippen LogP contribution in [0.5, 0.6) is 5.75 Å². The van der Waals surface area contributed by atoms with E-state index in [1.54, 1.807) is 48.5 Å². The van der Waals surface area contributed by atoms with Crippen molar-refractivity contribution in [2.75, 3.05) is 6.54 Å². The maximum absolute atomic E-state index is 13.6. The number of hydrogen-bond donors (Lipinski definition) is 0. The second kappa shape index (κ2) is 8.01. The van der Waals surface area contributed by atoms with Crippen molar-refractivity contribution in [3.8, 4) is 5.75 Å². The van der Waals surface area contributed by atoms with Crippen LogP contribution in [0, 0.1) is 5.82 Å². The van der Waals surface area contributed by atoms with Gasteiger partial charge in [0.1, 0.15) is 18.2 Å². The van der Waals surface area contributed by atoms with Crippen LogP contribution in [0.3, 0.4) is 0 Å². The van der Waals surface area contributed by atoms with Crippen molar-refractivity contribution in [2.24, 2.45) is 0 Å². The van der Waals surface area contributed by atoms with Crippen molar-refractivity contribution in [1.82, 2.24) is 4.90 Å². The van der Waals surface area contributed by atoms with Crippen LogP contribution >= 0.6 is 11.8 Å². The highest BCUT2D eigenvalue weighted by molar-refractivity contribution is 8.18. The monoisotopic (exact) mass is 369 g/mol. The number of benzene rings is 2. The Bertz CT molecular complexity index is 877. The van der Waals surface area contributed by atoms with E-state index >= 15 is 0 Å². The van der Waals surface area contributed by atoms with E-state index in [4.69, 9.17) is 4.74 Å². The highest BCUT2D eigenvalue weighted by Crippen LogP contribution is 2.32. The van der Waals surface area contributed by atoms with Crippen molar-refractivity contribution >= 4 is 29.0 Å². The maximum Gasteiger partial charge on any atom is 0.293 e. The first-order valence-corrected chi connectivity index (χ1v) is 8.72. The Morgan fingerprint density at radius 3 is 2.54 bits per heavy atom. The number of halogens is 1. The molecule has 0 radical (unpaired) electrons. The van der Waals surface area contributed by atoms with Crippen molar-refractivity contribution < 1.29 is 18.7 Å². The molecule has 6 heteroatoms. The van der Waals surface area contributed by atoms with Crippen LogP contribution in [0.2, 0.25) is 0 Å². The lowest BCUT2D eigenvalue weighted by Gasteiger charge is -2.08. The zero-order valence-electron chi connectivity index (χ0n) is 13.9. The van der Waals surface area contributed by atoms with Gasteiger partial charge in [-0.05, 0) is 41.6 Å². The average Bonchev–Trinajstić information content (AvgIpc) is 2.90. The minimum Gasteiger partial charge on any atom is -0.489 e. The summed E-state index contributed by atoms with van der Waals surface area (Å²) < 4.78 is 19.2. The number of ether oxygens (including phenoxy) is 1. The molecule has 0 saturated carbocycles. The minimum atomic E-state index is -0.320. The number of imide groups is 1. The molecule has 0 bridgehead atoms. The molecule has 2 aromatic carbocycles. The molecular formula is C20H16FNO3S. The van der Waals surface area contributed by atoms with E-state index in [0.717, 1.165) is 22.2 Å². The Labute approximate surface area is 155 Å². The van der Waals surface area contributed by atoms with Gasteiger partial charge >= 0.3 is 0 Å². The number of rotatable bonds is 6. The van der Waals surface area contributed by atoms with Crippen LogP contribution in [-0.4, -0.2) is 22.6 Å². The van der Waals surface area contributed by atoms with Crippen molar-refractivity contribution in [3.05, 3.63) is 83.0 Å².